The van der Waals surface area contributed by atoms with Crippen molar-refractivity contribution >= 4 is 5.91 Å². The average molecular weight is 196 g/mol. The second kappa shape index (κ2) is 3.38. The van der Waals surface area contributed by atoms with Gasteiger partial charge in [-0.1, -0.05) is 0 Å². The molecule has 0 aromatic carbocycles. The zero-order valence-corrected chi connectivity index (χ0v) is 7.90. The van der Waals surface area contributed by atoms with Gasteiger partial charge in [-0.3, -0.25) is 9.89 Å². The number of hydrogen-bond donors (Lipinski definition) is 2. The van der Waals surface area contributed by atoms with Gasteiger partial charge in [0.25, 0.3) is 5.91 Å². The number of carbonyl (C=O) groups is 1. The summed E-state index contributed by atoms with van der Waals surface area (Å²) >= 11 is 0. The van der Waals surface area contributed by atoms with Gasteiger partial charge < -0.3 is 10.0 Å². The van der Waals surface area contributed by atoms with Crippen LogP contribution in [-0.4, -0.2) is 50.3 Å². The van der Waals surface area contributed by atoms with E-state index in [1.54, 1.807) is 11.8 Å². The van der Waals surface area contributed by atoms with Crippen molar-refractivity contribution in [1.29, 1.82) is 0 Å². The van der Waals surface area contributed by atoms with Crippen molar-refractivity contribution < 1.29 is 9.90 Å². The number of rotatable bonds is 1. The molecule has 2 heterocycles. The van der Waals surface area contributed by atoms with Crippen molar-refractivity contribution in [2.45, 2.75) is 19.4 Å². The quantitative estimate of drug-likeness (QED) is 0.623. The van der Waals surface area contributed by atoms with E-state index in [0.29, 0.717) is 25.3 Å². The minimum absolute atomic E-state index is 0.177. The van der Waals surface area contributed by atoms with Crippen LogP contribution in [0.4, 0.5) is 0 Å². The van der Waals surface area contributed by atoms with E-state index in [-0.39, 0.29) is 11.7 Å². The number of nitrogens with one attached hydrogen (secondary N) is 1. The first-order valence-corrected chi connectivity index (χ1v) is 4.53. The maximum absolute atomic E-state index is 11.7. The molecule has 2 N–H and O–H groups in total. The van der Waals surface area contributed by atoms with Crippen LogP contribution in [0.25, 0.3) is 0 Å². The third kappa shape index (κ3) is 1.60. The van der Waals surface area contributed by atoms with Crippen LogP contribution in [0, 0.1) is 6.92 Å². The summed E-state index contributed by atoms with van der Waals surface area (Å²) < 4.78 is 0. The molecule has 0 saturated carbocycles. The lowest BCUT2D eigenvalue weighted by atomic mass is 10.3. The van der Waals surface area contributed by atoms with Crippen LogP contribution in [0.2, 0.25) is 0 Å². The number of β-amino-alcohol motifs (C(OH)–C–C–N with tert-alkyl or cyclic N) is 1. The molecular weight excluding hydrogens is 184 g/mol. The van der Waals surface area contributed by atoms with Crippen molar-refractivity contribution in [3.63, 3.8) is 0 Å². The maximum atomic E-state index is 11.7. The molecule has 6 heteroatoms. The Labute approximate surface area is 80.9 Å². The van der Waals surface area contributed by atoms with E-state index in [2.05, 4.69) is 15.2 Å². The first-order chi connectivity index (χ1) is 6.66. The lowest BCUT2D eigenvalue weighted by Crippen LogP contribution is -2.30. The summed E-state index contributed by atoms with van der Waals surface area (Å²) in [6.07, 6.45) is 0.230. The smallest absolute Gasteiger partial charge is 0.293 e. The summed E-state index contributed by atoms with van der Waals surface area (Å²) in [5, 5.41) is 15.6. The van der Waals surface area contributed by atoms with Crippen LogP contribution in [0.5, 0.6) is 0 Å². The second-order valence-electron chi connectivity index (χ2n) is 3.44. The highest BCUT2D eigenvalue weighted by Crippen LogP contribution is 2.11. The Morgan fingerprint density at radius 2 is 2.50 bits per heavy atom. The third-order valence-electron chi connectivity index (χ3n) is 2.24. The van der Waals surface area contributed by atoms with Crippen LogP contribution in [0.1, 0.15) is 22.9 Å². The summed E-state index contributed by atoms with van der Waals surface area (Å²) in [6, 6.07) is 0. The number of likely N-dealkylation sites (tertiary alicyclic amines) is 1. The van der Waals surface area contributed by atoms with Crippen LogP contribution in [0.3, 0.4) is 0 Å². The molecule has 1 atom stereocenters. The molecule has 6 nitrogen and oxygen atoms in total. The molecule has 0 aliphatic carbocycles. The fourth-order valence-corrected chi connectivity index (χ4v) is 1.51. The Morgan fingerprint density at radius 3 is 3.00 bits per heavy atom. The number of hydrogen-bond acceptors (Lipinski definition) is 4. The number of aliphatic hydroxyl groups excluding tert-OH is 1. The molecule has 1 aliphatic rings. The number of amides is 1. The molecule has 76 valence electrons. The summed E-state index contributed by atoms with van der Waals surface area (Å²) in [7, 11) is 0. The molecule has 0 unspecified atom stereocenters. The zero-order valence-electron chi connectivity index (χ0n) is 7.90. The lowest BCUT2D eigenvalue weighted by Gasteiger charge is -2.12. The Bertz CT molecular complexity index is 349. The molecule has 0 spiro atoms. The van der Waals surface area contributed by atoms with Crippen molar-refractivity contribution in [2.75, 3.05) is 13.1 Å². The van der Waals surface area contributed by atoms with Crippen molar-refractivity contribution in [3.05, 3.63) is 11.6 Å². The normalized spacial score (nSPS) is 21.6. The van der Waals surface area contributed by atoms with Gasteiger partial charge in [0.1, 0.15) is 5.82 Å². The predicted octanol–water partition coefficient (Wildman–Crippen LogP) is -0.680. The van der Waals surface area contributed by atoms with Gasteiger partial charge in [0.2, 0.25) is 5.82 Å². The fraction of sp³-hybridized carbons (Fsp3) is 0.625. The topological polar surface area (TPSA) is 82.1 Å². The number of nitrogens with zero attached hydrogens (tertiary/aromatic N) is 3. The van der Waals surface area contributed by atoms with E-state index >= 15 is 0 Å². The fourth-order valence-electron chi connectivity index (χ4n) is 1.51. The maximum Gasteiger partial charge on any atom is 0.293 e. The van der Waals surface area contributed by atoms with E-state index in [9.17, 15) is 9.90 Å². The van der Waals surface area contributed by atoms with Gasteiger partial charge in [-0.15, -0.1) is 5.10 Å². The Morgan fingerprint density at radius 1 is 1.71 bits per heavy atom. The number of aryl methyl sites for hydroxylation is 1. The molecule has 1 aromatic heterocycles. The Kier molecular flexibility index (Phi) is 2.20. The Hall–Kier alpha value is -1.43. The predicted molar refractivity (Wildman–Crippen MR) is 47.6 cm³/mol. The number of H-pyrrole nitrogens is 1. The van der Waals surface area contributed by atoms with E-state index in [1.165, 1.54) is 0 Å². The van der Waals surface area contributed by atoms with E-state index < -0.39 is 6.10 Å². The molecule has 2 rings (SSSR count). The molecule has 14 heavy (non-hydrogen) atoms. The largest absolute Gasteiger partial charge is 0.391 e. The van der Waals surface area contributed by atoms with Crippen LogP contribution >= 0.6 is 0 Å². The van der Waals surface area contributed by atoms with Gasteiger partial charge in [-0.25, -0.2) is 4.98 Å². The van der Waals surface area contributed by atoms with Gasteiger partial charge in [0, 0.05) is 13.1 Å². The van der Waals surface area contributed by atoms with Crippen molar-refractivity contribution in [2.24, 2.45) is 0 Å². The number of aliphatic hydroxyl groups is 1. The minimum Gasteiger partial charge on any atom is -0.391 e. The van der Waals surface area contributed by atoms with Crippen LogP contribution in [0.15, 0.2) is 0 Å². The number of carbonyl (C=O) groups excluding carboxylic acids is 1. The minimum atomic E-state index is -0.404. The Balaban J connectivity index is 2.09. The van der Waals surface area contributed by atoms with Gasteiger partial charge in [-0.05, 0) is 13.3 Å². The van der Waals surface area contributed by atoms with Crippen LogP contribution < -0.4 is 0 Å². The SMILES string of the molecule is Cc1nc(C(=O)N2CC[C@@H](O)C2)n[nH]1. The third-order valence-corrected chi connectivity index (χ3v) is 2.24. The monoisotopic (exact) mass is 196 g/mol. The van der Waals surface area contributed by atoms with E-state index in [0.717, 1.165) is 0 Å². The highest BCUT2D eigenvalue weighted by Gasteiger charge is 2.27. The van der Waals surface area contributed by atoms with E-state index in [4.69, 9.17) is 0 Å². The summed E-state index contributed by atoms with van der Waals surface area (Å²) in [5.74, 6) is 0.579. The number of aromatic amines is 1. The molecule has 1 aliphatic heterocycles. The first-order valence-electron chi connectivity index (χ1n) is 4.53. The average Bonchev–Trinajstić information content (AvgIpc) is 2.73. The standard InChI is InChI=1S/C8H12N4O2/c1-5-9-7(11-10-5)8(14)12-3-2-6(13)4-12/h6,13H,2-4H2,1H3,(H,9,10,11)/t6-/m1/s1. The summed E-state index contributed by atoms with van der Waals surface area (Å²) in [6.45, 7) is 2.70. The number of aromatic nitrogens is 3. The summed E-state index contributed by atoms with van der Waals surface area (Å²) in [5.41, 5.74) is 0. The van der Waals surface area contributed by atoms with E-state index in [1.807, 2.05) is 0 Å². The second-order valence-corrected chi connectivity index (χ2v) is 3.44. The molecule has 1 saturated heterocycles. The van der Waals surface area contributed by atoms with Gasteiger partial charge in [0.05, 0.1) is 6.10 Å². The zero-order chi connectivity index (χ0) is 10.1. The molecule has 0 radical (unpaired) electrons. The lowest BCUT2D eigenvalue weighted by molar-refractivity contribution is 0.0753. The highest BCUT2D eigenvalue weighted by atomic mass is 16.3. The molecule has 0 bridgehead atoms. The van der Waals surface area contributed by atoms with Crippen LogP contribution in [-0.2, 0) is 0 Å². The highest BCUT2D eigenvalue weighted by molar-refractivity contribution is 5.90. The molecule has 1 fully saturated rings. The van der Waals surface area contributed by atoms with Crippen molar-refractivity contribution in [3.8, 4) is 0 Å². The molecule has 1 aromatic rings. The first kappa shape index (κ1) is 9.14. The van der Waals surface area contributed by atoms with Gasteiger partial charge in [0.15, 0.2) is 0 Å². The van der Waals surface area contributed by atoms with Crippen molar-refractivity contribution in [1.82, 2.24) is 20.1 Å². The van der Waals surface area contributed by atoms with Gasteiger partial charge >= 0.3 is 0 Å². The van der Waals surface area contributed by atoms with Gasteiger partial charge in [-0.2, -0.15) is 0 Å². The molecule has 1 amide bonds. The summed E-state index contributed by atoms with van der Waals surface area (Å²) in [4.78, 5) is 17.2. The molecular formula is C8H12N4O2.